The Bertz CT molecular complexity index is 621. The molecular weight excluding hydrogens is 342 g/mol. The number of nitrogens with zero attached hydrogens (tertiary/aromatic N) is 3. The Labute approximate surface area is 163 Å². The minimum atomic E-state index is 0.182. The number of carbonyl (C=O) groups is 1. The Balaban J connectivity index is 1.51. The minimum absolute atomic E-state index is 0.182. The number of methoxy groups -OCH3 is 2. The molecule has 2 aliphatic rings. The molecule has 150 valence electrons. The van der Waals surface area contributed by atoms with Gasteiger partial charge in [-0.15, -0.1) is 0 Å². The molecule has 0 aromatic heterocycles. The summed E-state index contributed by atoms with van der Waals surface area (Å²) in [5, 5.41) is 0. The summed E-state index contributed by atoms with van der Waals surface area (Å²) in [7, 11) is 3.35. The lowest BCUT2D eigenvalue weighted by Crippen LogP contribution is -2.51. The maximum atomic E-state index is 12.8. The van der Waals surface area contributed by atoms with Gasteiger partial charge in [0.15, 0.2) is 11.5 Å². The Morgan fingerprint density at radius 3 is 2.30 bits per heavy atom. The summed E-state index contributed by atoms with van der Waals surface area (Å²) in [5.74, 6) is 2.13. The van der Waals surface area contributed by atoms with Crippen LogP contribution in [0.25, 0.3) is 0 Å². The molecule has 0 N–H and O–H groups in total. The van der Waals surface area contributed by atoms with E-state index < -0.39 is 0 Å². The standard InChI is InChI=1S/C21H33N3O3/c1-4-22-12-14-24(15-13-22)21(25)17-8-10-23(11-9-17)16-18-6-5-7-19(26-2)20(18)27-3/h5-7,17H,4,8-16H2,1-3H3. The van der Waals surface area contributed by atoms with Crippen LogP contribution in [0.2, 0.25) is 0 Å². The van der Waals surface area contributed by atoms with Crippen molar-refractivity contribution in [3.63, 3.8) is 0 Å². The van der Waals surface area contributed by atoms with Gasteiger partial charge in [0.2, 0.25) is 5.91 Å². The second kappa shape index (κ2) is 9.42. The zero-order valence-corrected chi connectivity index (χ0v) is 16.9. The molecule has 0 unspecified atom stereocenters. The van der Waals surface area contributed by atoms with Crippen molar-refractivity contribution in [2.24, 2.45) is 5.92 Å². The summed E-state index contributed by atoms with van der Waals surface area (Å²) >= 11 is 0. The van der Waals surface area contributed by atoms with E-state index >= 15 is 0 Å². The third-order valence-electron chi connectivity index (χ3n) is 5.95. The highest BCUT2D eigenvalue weighted by atomic mass is 16.5. The van der Waals surface area contributed by atoms with Gasteiger partial charge in [0.25, 0.3) is 0 Å². The van der Waals surface area contributed by atoms with Crippen molar-refractivity contribution in [2.75, 3.05) is 60.0 Å². The molecule has 1 amide bonds. The first-order chi connectivity index (χ1) is 13.2. The first kappa shape index (κ1) is 20.0. The molecular formula is C21H33N3O3. The lowest BCUT2D eigenvalue weighted by molar-refractivity contribution is -0.138. The van der Waals surface area contributed by atoms with Gasteiger partial charge < -0.3 is 19.3 Å². The number of carbonyl (C=O) groups excluding carboxylic acids is 1. The van der Waals surface area contributed by atoms with E-state index in [1.54, 1.807) is 14.2 Å². The van der Waals surface area contributed by atoms with Crippen LogP contribution in [0.4, 0.5) is 0 Å². The third kappa shape index (κ3) is 4.74. The van der Waals surface area contributed by atoms with Gasteiger partial charge in [0.05, 0.1) is 14.2 Å². The zero-order chi connectivity index (χ0) is 19.2. The number of likely N-dealkylation sites (tertiary alicyclic amines) is 1. The van der Waals surface area contributed by atoms with Crippen LogP contribution in [-0.4, -0.2) is 80.6 Å². The molecule has 1 aromatic rings. The number of likely N-dealkylation sites (N-methyl/N-ethyl adjacent to an activating group) is 1. The van der Waals surface area contributed by atoms with Crippen molar-refractivity contribution >= 4 is 5.91 Å². The molecule has 0 aliphatic carbocycles. The number of piperazine rings is 1. The predicted molar refractivity (Wildman–Crippen MR) is 106 cm³/mol. The van der Waals surface area contributed by atoms with Crippen LogP contribution in [0, 0.1) is 5.92 Å². The molecule has 3 rings (SSSR count). The van der Waals surface area contributed by atoms with Crippen LogP contribution in [-0.2, 0) is 11.3 Å². The molecule has 0 bridgehead atoms. The summed E-state index contributed by atoms with van der Waals surface area (Å²) in [6.45, 7) is 9.78. The quantitative estimate of drug-likeness (QED) is 0.762. The average molecular weight is 376 g/mol. The van der Waals surface area contributed by atoms with Gasteiger partial charge in [0, 0.05) is 44.2 Å². The second-order valence-electron chi connectivity index (χ2n) is 7.46. The molecule has 0 saturated carbocycles. The smallest absolute Gasteiger partial charge is 0.225 e. The lowest BCUT2D eigenvalue weighted by atomic mass is 9.94. The maximum absolute atomic E-state index is 12.8. The molecule has 6 heteroatoms. The molecule has 2 aliphatic heterocycles. The van der Waals surface area contributed by atoms with Crippen LogP contribution < -0.4 is 9.47 Å². The molecule has 1 aromatic carbocycles. The van der Waals surface area contributed by atoms with Crippen LogP contribution in [0.5, 0.6) is 11.5 Å². The summed E-state index contributed by atoms with van der Waals surface area (Å²) < 4.78 is 10.9. The van der Waals surface area contributed by atoms with Gasteiger partial charge in [-0.1, -0.05) is 19.1 Å². The Morgan fingerprint density at radius 1 is 1.00 bits per heavy atom. The Morgan fingerprint density at radius 2 is 1.70 bits per heavy atom. The summed E-state index contributed by atoms with van der Waals surface area (Å²) in [6.07, 6.45) is 1.89. The minimum Gasteiger partial charge on any atom is -0.493 e. The molecule has 0 spiro atoms. The lowest BCUT2D eigenvalue weighted by Gasteiger charge is -2.38. The van der Waals surface area contributed by atoms with Crippen molar-refractivity contribution in [3.8, 4) is 11.5 Å². The molecule has 0 atom stereocenters. The Hall–Kier alpha value is -1.79. The molecule has 0 radical (unpaired) electrons. The number of hydrogen-bond acceptors (Lipinski definition) is 5. The predicted octanol–water partition coefficient (Wildman–Crippen LogP) is 2.08. The van der Waals surface area contributed by atoms with Gasteiger partial charge in [-0.25, -0.2) is 0 Å². The second-order valence-corrected chi connectivity index (χ2v) is 7.46. The van der Waals surface area contributed by atoms with Gasteiger partial charge in [-0.3, -0.25) is 9.69 Å². The van der Waals surface area contributed by atoms with Crippen molar-refractivity contribution in [1.82, 2.24) is 14.7 Å². The number of ether oxygens (including phenoxy) is 2. The van der Waals surface area contributed by atoms with E-state index in [2.05, 4.69) is 27.7 Å². The summed E-state index contributed by atoms with van der Waals surface area (Å²) in [5.41, 5.74) is 1.14. The van der Waals surface area contributed by atoms with Crippen LogP contribution in [0.3, 0.4) is 0 Å². The zero-order valence-electron chi connectivity index (χ0n) is 16.9. The first-order valence-electron chi connectivity index (χ1n) is 10.1. The van der Waals surface area contributed by atoms with Crippen LogP contribution in [0.15, 0.2) is 18.2 Å². The number of para-hydroxylation sites is 1. The van der Waals surface area contributed by atoms with E-state index in [-0.39, 0.29) is 5.92 Å². The number of piperidine rings is 1. The highest BCUT2D eigenvalue weighted by molar-refractivity contribution is 5.79. The number of amides is 1. The van der Waals surface area contributed by atoms with E-state index in [0.29, 0.717) is 5.91 Å². The first-order valence-corrected chi connectivity index (χ1v) is 10.1. The molecule has 2 saturated heterocycles. The van der Waals surface area contributed by atoms with Crippen molar-refractivity contribution < 1.29 is 14.3 Å². The topological polar surface area (TPSA) is 45.2 Å². The third-order valence-corrected chi connectivity index (χ3v) is 5.95. The van der Waals surface area contributed by atoms with Crippen LogP contribution in [0.1, 0.15) is 25.3 Å². The van der Waals surface area contributed by atoms with Crippen molar-refractivity contribution in [3.05, 3.63) is 23.8 Å². The van der Waals surface area contributed by atoms with E-state index in [1.807, 2.05) is 12.1 Å². The van der Waals surface area contributed by atoms with E-state index in [9.17, 15) is 4.79 Å². The average Bonchev–Trinajstić information content (AvgIpc) is 2.73. The largest absolute Gasteiger partial charge is 0.493 e. The van der Waals surface area contributed by atoms with Gasteiger partial charge in [-0.2, -0.15) is 0 Å². The molecule has 2 heterocycles. The van der Waals surface area contributed by atoms with Gasteiger partial charge in [-0.05, 0) is 38.5 Å². The fraction of sp³-hybridized carbons (Fsp3) is 0.667. The van der Waals surface area contributed by atoms with E-state index in [4.69, 9.17) is 9.47 Å². The molecule has 2 fully saturated rings. The normalized spacial score (nSPS) is 19.9. The Kier molecular flexibility index (Phi) is 6.96. The fourth-order valence-electron chi connectivity index (χ4n) is 4.20. The summed E-state index contributed by atoms with van der Waals surface area (Å²) in [4.78, 5) is 19.8. The monoisotopic (exact) mass is 375 g/mol. The van der Waals surface area contributed by atoms with Crippen molar-refractivity contribution in [1.29, 1.82) is 0 Å². The number of rotatable bonds is 6. The van der Waals surface area contributed by atoms with E-state index in [0.717, 1.165) is 82.3 Å². The highest BCUT2D eigenvalue weighted by Crippen LogP contribution is 2.32. The highest BCUT2D eigenvalue weighted by Gasteiger charge is 2.30. The number of hydrogen-bond donors (Lipinski definition) is 0. The SMILES string of the molecule is CCN1CCN(C(=O)C2CCN(Cc3cccc(OC)c3OC)CC2)CC1. The molecule has 27 heavy (non-hydrogen) atoms. The van der Waals surface area contributed by atoms with Gasteiger partial charge in [0.1, 0.15) is 0 Å². The van der Waals surface area contributed by atoms with Crippen LogP contribution >= 0.6 is 0 Å². The fourth-order valence-corrected chi connectivity index (χ4v) is 4.20. The van der Waals surface area contributed by atoms with Crippen molar-refractivity contribution in [2.45, 2.75) is 26.3 Å². The van der Waals surface area contributed by atoms with E-state index in [1.165, 1.54) is 0 Å². The molecule has 6 nitrogen and oxygen atoms in total. The summed E-state index contributed by atoms with van der Waals surface area (Å²) in [6, 6.07) is 6.01. The van der Waals surface area contributed by atoms with Gasteiger partial charge >= 0.3 is 0 Å². The maximum Gasteiger partial charge on any atom is 0.225 e. The number of benzene rings is 1.